The Morgan fingerprint density at radius 1 is 0.941 bits per heavy atom. The molecule has 1 aromatic heterocycles. The summed E-state index contributed by atoms with van der Waals surface area (Å²) in [4.78, 5) is 3.18. The number of benzene rings is 2. The fourth-order valence-corrected chi connectivity index (χ4v) is 2.09. The highest BCUT2D eigenvalue weighted by atomic mass is 19.1. The van der Waals surface area contributed by atoms with Crippen LogP contribution in [0.1, 0.15) is 11.1 Å². The molecule has 3 rings (SSSR count). The fourth-order valence-electron chi connectivity index (χ4n) is 2.09. The zero-order valence-corrected chi connectivity index (χ0v) is 9.28. The number of H-pyrrole nitrogens is 1. The summed E-state index contributed by atoms with van der Waals surface area (Å²) >= 11 is 0. The lowest BCUT2D eigenvalue weighted by Crippen LogP contribution is -1.88. The van der Waals surface area contributed by atoms with Gasteiger partial charge in [-0.25, -0.2) is 4.39 Å². The van der Waals surface area contributed by atoms with Crippen LogP contribution in [0.25, 0.3) is 10.9 Å². The number of fused-ring (bicyclic) bond motifs is 1. The third-order valence-corrected chi connectivity index (χ3v) is 2.92. The minimum atomic E-state index is -0.177. The van der Waals surface area contributed by atoms with Gasteiger partial charge in [-0.15, -0.1) is 0 Å². The zero-order chi connectivity index (χ0) is 11.7. The monoisotopic (exact) mass is 225 g/mol. The Labute approximate surface area is 98.9 Å². The van der Waals surface area contributed by atoms with Crippen molar-refractivity contribution >= 4 is 10.9 Å². The lowest BCUT2D eigenvalue weighted by molar-refractivity contribution is 0.626. The smallest absolute Gasteiger partial charge is 0.123 e. The molecule has 2 heteroatoms. The number of aromatic amines is 1. The van der Waals surface area contributed by atoms with E-state index in [0.717, 1.165) is 17.5 Å². The highest BCUT2D eigenvalue weighted by Crippen LogP contribution is 2.17. The minimum absolute atomic E-state index is 0.177. The summed E-state index contributed by atoms with van der Waals surface area (Å²) in [5.74, 6) is -0.177. The van der Waals surface area contributed by atoms with Gasteiger partial charge in [0.1, 0.15) is 5.82 Å². The summed E-state index contributed by atoms with van der Waals surface area (Å²) in [5, 5.41) is 1.20. The van der Waals surface area contributed by atoms with E-state index in [1.54, 1.807) is 12.1 Å². The van der Waals surface area contributed by atoms with Crippen LogP contribution in [0.15, 0.2) is 54.7 Å². The fraction of sp³-hybridized carbons (Fsp3) is 0.0667. The third-order valence-electron chi connectivity index (χ3n) is 2.92. The van der Waals surface area contributed by atoms with Crippen LogP contribution in [0.5, 0.6) is 0 Å². The van der Waals surface area contributed by atoms with Crippen molar-refractivity contribution in [2.45, 2.75) is 6.42 Å². The van der Waals surface area contributed by atoms with E-state index in [9.17, 15) is 4.39 Å². The molecule has 0 atom stereocenters. The van der Waals surface area contributed by atoms with Gasteiger partial charge < -0.3 is 4.98 Å². The molecule has 1 heterocycles. The molecule has 0 aliphatic heterocycles. The first-order chi connectivity index (χ1) is 8.31. The molecule has 0 radical (unpaired) electrons. The van der Waals surface area contributed by atoms with Gasteiger partial charge >= 0.3 is 0 Å². The van der Waals surface area contributed by atoms with E-state index in [-0.39, 0.29) is 5.82 Å². The van der Waals surface area contributed by atoms with Crippen LogP contribution in [0.4, 0.5) is 4.39 Å². The van der Waals surface area contributed by atoms with Crippen LogP contribution >= 0.6 is 0 Å². The van der Waals surface area contributed by atoms with Gasteiger partial charge in [0.25, 0.3) is 0 Å². The van der Waals surface area contributed by atoms with Crippen LogP contribution in [-0.2, 0) is 6.42 Å². The van der Waals surface area contributed by atoms with Crippen molar-refractivity contribution in [3.05, 3.63) is 71.7 Å². The Bertz CT molecular complexity index is 655. The lowest BCUT2D eigenvalue weighted by Gasteiger charge is -2.02. The molecule has 17 heavy (non-hydrogen) atoms. The standard InChI is InChI=1S/C15H12FN/c16-14-3-1-2-11(9-14)8-12-4-5-13-6-7-17-15(13)10-12/h1-7,9-10,17H,8H2. The molecule has 0 fully saturated rings. The number of halogens is 1. The maximum Gasteiger partial charge on any atom is 0.123 e. The largest absolute Gasteiger partial charge is 0.361 e. The van der Waals surface area contributed by atoms with Crippen molar-refractivity contribution in [1.82, 2.24) is 4.98 Å². The summed E-state index contributed by atoms with van der Waals surface area (Å²) in [6.45, 7) is 0. The van der Waals surface area contributed by atoms with E-state index < -0.39 is 0 Å². The molecule has 0 unspecified atom stereocenters. The van der Waals surface area contributed by atoms with Crippen molar-refractivity contribution in [3.63, 3.8) is 0 Å². The predicted molar refractivity (Wildman–Crippen MR) is 67.5 cm³/mol. The predicted octanol–water partition coefficient (Wildman–Crippen LogP) is 3.90. The number of nitrogens with one attached hydrogen (secondary N) is 1. The van der Waals surface area contributed by atoms with E-state index in [4.69, 9.17) is 0 Å². The Hall–Kier alpha value is -2.09. The van der Waals surface area contributed by atoms with Gasteiger partial charge in [0, 0.05) is 11.7 Å². The van der Waals surface area contributed by atoms with Crippen molar-refractivity contribution in [3.8, 4) is 0 Å². The van der Waals surface area contributed by atoms with Crippen LogP contribution in [0.3, 0.4) is 0 Å². The first-order valence-corrected chi connectivity index (χ1v) is 5.62. The number of rotatable bonds is 2. The zero-order valence-electron chi connectivity index (χ0n) is 9.28. The van der Waals surface area contributed by atoms with Gasteiger partial charge in [-0.3, -0.25) is 0 Å². The molecular weight excluding hydrogens is 213 g/mol. The van der Waals surface area contributed by atoms with Crippen LogP contribution < -0.4 is 0 Å². The molecule has 0 aliphatic carbocycles. The van der Waals surface area contributed by atoms with Crippen LogP contribution in [0, 0.1) is 5.82 Å². The van der Waals surface area contributed by atoms with Crippen molar-refractivity contribution in [2.24, 2.45) is 0 Å². The summed E-state index contributed by atoms with van der Waals surface area (Å²) in [6.07, 6.45) is 2.68. The van der Waals surface area contributed by atoms with Gasteiger partial charge in [0.2, 0.25) is 0 Å². The van der Waals surface area contributed by atoms with E-state index in [0.29, 0.717) is 0 Å². The summed E-state index contributed by atoms with van der Waals surface area (Å²) in [5.41, 5.74) is 3.31. The first kappa shape index (κ1) is 10.1. The minimum Gasteiger partial charge on any atom is -0.361 e. The van der Waals surface area contributed by atoms with E-state index in [1.807, 2.05) is 18.3 Å². The Morgan fingerprint density at radius 3 is 2.71 bits per heavy atom. The maximum atomic E-state index is 13.1. The second kappa shape index (κ2) is 4.06. The van der Waals surface area contributed by atoms with Crippen molar-refractivity contribution < 1.29 is 4.39 Å². The molecule has 84 valence electrons. The lowest BCUT2D eigenvalue weighted by atomic mass is 10.0. The van der Waals surface area contributed by atoms with Crippen molar-refractivity contribution in [2.75, 3.05) is 0 Å². The molecule has 1 N–H and O–H groups in total. The van der Waals surface area contributed by atoms with Gasteiger partial charge in [0.15, 0.2) is 0 Å². The highest BCUT2D eigenvalue weighted by Gasteiger charge is 2.00. The average molecular weight is 225 g/mol. The summed E-state index contributed by atoms with van der Waals surface area (Å²) < 4.78 is 13.1. The molecule has 2 aromatic carbocycles. The maximum absolute atomic E-state index is 13.1. The highest BCUT2D eigenvalue weighted by molar-refractivity contribution is 5.79. The second-order valence-corrected chi connectivity index (χ2v) is 4.21. The Morgan fingerprint density at radius 2 is 1.82 bits per heavy atom. The molecule has 0 saturated heterocycles. The molecule has 0 amide bonds. The van der Waals surface area contributed by atoms with E-state index >= 15 is 0 Å². The average Bonchev–Trinajstić information content (AvgIpc) is 2.76. The molecule has 3 aromatic rings. The summed E-state index contributed by atoms with van der Waals surface area (Å²) in [6, 6.07) is 15.1. The summed E-state index contributed by atoms with van der Waals surface area (Å²) in [7, 11) is 0. The van der Waals surface area contributed by atoms with Crippen LogP contribution in [-0.4, -0.2) is 4.98 Å². The first-order valence-electron chi connectivity index (χ1n) is 5.62. The molecular formula is C15H12FN. The van der Waals surface area contributed by atoms with Gasteiger partial charge in [0.05, 0.1) is 0 Å². The van der Waals surface area contributed by atoms with Gasteiger partial charge in [-0.1, -0.05) is 24.3 Å². The number of aromatic nitrogens is 1. The SMILES string of the molecule is Fc1cccc(Cc2ccc3cc[nH]c3c2)c1. The molecule has 1 nitrogen and oxygen atoms in total. The van der Waals surface area contributed by atoms with E-state index in [2.05, 4.69) is 23.2 Å². The third kappa shape index (κ3) is 2.07. The van der Waals surface area contributed by atoms with Gasteiger partial charge in [-0.2, -0.15) is 0 Å². The van der Waals surface area contributed by atoms with Gasteiger partial charge in [-0.05, 0) is 47.2 Å². The number of hydrogen-bond acceptors (Lipinski definition) is 0. The van der Waals surface area contributed by atoms with Crippen molar-refractivity contribution in [1.29, 1.82) is 0 Å². The molecule has 0 bridgehead atoms. The Kier molecular flexibility index (Phi) is 2.41. The quantitative estimate of drug-likeness (QED) is 0.680. The Balaban J connectivity index is 1.94. The topological polar surface area (TPSA) is 15.8 Å². The second-order valence-electron chi connectivity index (χ2n) is 4.21. The number of hydrogen-bond donors (Lipinski definition) is 1. The molecule has 0 saturated carbocycles. The normalized spacial score (nSPS) is 10.9. The molecule has 0 aliphatic rings. The van der Waals surface area contributed by atoms with E-state index in [1.165, 1.54) is 17.0 Å². The molecule has 0 spiro atoms. The van der Waals surface area contributed by atoms with Crippen LogP contribution in [0.2, 0.25) is 0 Å².